The maximum atomic E-state index is 12.5. The first kappa shape index (κ1) is 16.3. The Morgan fingerprint density at radius 2 is 1.79 bits per heavy atom. The molecule has 0 spiro atoms. The Hall–Kier alpha value is -2.52. The number of anilines is 1. The van der Waals surface area contributed by atoms with Gasteiger partial charge in [0.15, 0.2) is 5.76 Å². The molecule has 0 aliphatic rings. The molecule has 0 unspecified atom stereocenters. The molecule has 2 heterocycles. The van der Waals surface area contributed by atoms with Crippen LogP contribution in [0, 0.1) is 13.8 Å². The van der Waals surface area contributed by atoms with Gasteiger partial charge in [0.1, 0.15) is 5.01 Å². The molecule has 2 aromatic heterocycles. The van der Waals surface area contributed by atoms with Crippen molar-refractivity contribution in [3.05, 3.63) is 52.7 Å². The van der Waals surface area contributed by atoms with Crippen molar-refractivity contribution < 1.29 is 17.6 Å². The molecule has 0 bridgehead atoms. The summed E-state index contributed by atoms with van der Waals surface area (Å²) < 4.78 is 30.2. The van der Waals surface area contributed by atoms with Crippen LogP contribution >= 0.6 is 11.3 Å². The van der Waals surface area contributed by atoms with E-state index in [9.17, 15) is 13.2 Å². The molecule has 3 aromatic rings. The lowest BCUT2D eigenvalue weighted by Crippen LogP contribution is -2.10. The maximum Gasteiger partial charge on any atom is 0.293 e. The normalized spacial score (nSPS) is 11.4. The summed E-state index contributed by atoms with van der Waals surface area (Å²) in [5.41, 5.74) is 0.945. The molecule has 124 valence electrons. The molecule has 0 saturated heterocycles. The van der Waals surface area contributed by atoms with Crippen LogP contribution in [0.2, 0.25) is 0 Å². The van der Waals surface area contributed by atoms with Crippen LogP contribution in [-0.2, 0) is 9.84 Å². The molecule has 9 heteroatoms. The number of benzene rings is 1. The fraction of sp³-hybridized carbons (Fsp3) is 0.133. The Bertz CT molecular complexity index is 988. The Morgan fingerprint density at radius 1 is 1.08 bits per heavy atom. The van der Waals surface area contributed by atoms with Gasteiger partial charge in [0.2, 0.25) is 20.1 Å². The van der Waals surface area contributed by atoms with Crippen molar-refractivity contribution in [2.75, 3.05) is 5.32 Å². The van der Waals surface area contributed by atoms with E-state index in [1.54, 1.807) is 19.1 Å². The molecule has 7 nitrogen and oxygen atoms in total. The third-order valence-corrected chi connectivity index (χ3v) is 5.54. The van der Waals surface area contributed by atoms with Crippen molar-refractivity contribution in [2.24, 2.45) is 0 Å². The van der Waals surface area contributed by atoms with Gasteiger partial charge in [-0.3, -0.25) is 10.1 Å². The van der Waals surface area contributed by atoms with Crippen LogP contribution in [0.15, 0.2) is 50.8 Å². The molecular weight excluding hydrogens is 350 g/mol. The van der Waals surface area contributed by atoms with E-state index in [2.05, 4.69) is 15.5 Å². The number of amides is 1. The Kier molecular flexibility index (Phi) is 4.20. The van der Waals surface area contributed by atoms with Crippen LogP contribution in [0.25, 0.3) is 0 Å². The zero-order chi connectivity index (χ0) is 17.3. The van der Waals surface area contributed by atoms with Crippen molar-refractivity contribution in [1.82, 2.24) is 10.2 Å². The second-order valence-electron chi connectivity index (χ2n) is 5.02. The van der Waals surface area contributed by atoms with Gasteiger partial charge >= 0.3 is 0 Å². The van der Waals surface area contributed by atoms with Crippen molar-refractivity contribution in [1.29, 1.82) is 0 Å². The highest BCUT2D eigenvalue weighted by molar-refractivity contribution is 7.91. The minimum absolute atomic E-state index is 0.106. The molecule has 0 aliphatic heterocycles. The third kappa shape index (κ3) is 3.22. The molecule has 1 N–H and O–H groups in total. The number of aromatic nitrogens is 2. The van der Waals surface area contributed by atoms with Gasteiger partial charge in [-0.15, -0.1) is 10.2 Å². The number of furan rings is 1. The number of sulfone groups is 1. The van der Waals surface area contributed by atoms with E-state index >= 15 is 0 Å². The third-order valence-electron chi connectivity index (χ3n) is 3.15. The highest BCUT2D eigenvalue weighted by Gasteiger charge is 2.23. The van der Waals surface area contributed by atoms with Gasteiger partial charge in [0.25, 0.3) is 5.91 Å². The number of nitrogens with one attached hydrogen (secondary N) is 1. The smallest absolute Gasteiger partial charge is 0.293 e. The van der Waals surface area contributed by atoms with Gasteiger partial charge in [0, 0.05) is 0 Å². The first-order valence-electron chi connectivity index (χ1n) is 6.89. The zero-order valence-electron chi connectivity index (χ0n) is 12.8. The van der Waals surface area contributed by atoms with Gasteiger partial charge in [-0.1, -0.05) is 29.0 Å². The standard InChI is InChI=1S/C15H13N3O4S2/c1-9-3-5-11(6-4-9)24(20,21)13-8-7-12(22-13)14(19)16-15-18-17-10(2)23-15/h3-8H,1-2H3,(H,16,18,19). The van der Waals surface area contributed by atoms with Crippen molar-refractivity contribution >= 4 is 32.2 Å². The van der Waals surface area contributed by atoms with Crippen LogP contribution in [0.4, 0.5) is 5.13 Å². The van der Waals surface area contributed by atoms with Gasteiger partial charge in [0.05, 0.1) is 4.90 Å². The van der Waals surface area contributed by atoms with E-state index in [4.69, 9.17) is 4.42 Å². The van der Waals surface area contributed by atoms with Crippen LogP contribution in [0.3, 0.4) is 0 Å². The average molecular weight is 363 g/mol. The number of nitrogens with zero attached hydrogens (tertiary/aromatic N) is 2. The summed E-state index contributed by atoms with van der Waals surface area (Å²) in [5, 5.41) is 10.8. The summed E-state index contributed by atoms with van der Waals surface area (Å²) in [6, 6.07) is 8.95. The van der Waals surface area contributed by atoms with Gasteiger partial charge in [-0.2, -0.15) is 0 Å². The average Bonchev–Trinajstić information content (AvgIpc) is 3.17. The summed E-state index contributed by atoms with van der Waals surface area (Å²) >= 11 is 1.21. The largest absolute Gasteiger partial charge is 0.439 e. The second kappa shape index (κ2) is 6.17. The molecule has 0 atom stereocenters. The lowest BCUT2D eigenvalue weighted by atomic mass is 10.2. The number of hydrogen-bond acceptors (Lipinski definition) is 7. The van der Waals surface area contributed by atoms with Crippen LogP contribution in [-0.4, -0.2) is 24.5 Å². The van der Waals surface area contributed by atoms with E-state index in [0.29, 0.717) is 10.1 Å². The predicted octanol–water partition coefficient (Wildman–Crippen LogP) is 2.83. The molecule has 24 heavy (non-hydrogen) atoms. The molecule has 0 saturated carbocycles. The number of aryl methyl sites for hydroxylation is 2. The minimum Gasteiger partial charge on any atom is -0.439 e. The first-order chi connectivity index (χ1) is 11.4. The predicted molar refractivity (Wildman–Crippen MR) is 87.9 cm³/mol. The van der Waals surface area contributed by atoms with E-state index in [1.807, 2.05) is 6.92 Å². The molecular formula is C15H13N3O4S2. The Balaban J connectivity index is 1.84. The molecule has 1 amide bonds. The van der Waals surface area contributed by atoms with Crippen molar-refractivity contribution in [2.45, 2.75) is 23.8 Å². The highest BCUT2D eigenvalue weighted by Crippen LogP contribution is 2.24. The van der Waals surface area contributed by atoms with Gasteiger partial charge < -0.3 is 4.42 Å². The molecule has 0 radical (unpaired) electrons. The topological polar surface area (TPSA) is 102 Å². The summed E-state index contributed by atoms with van der Waals surface area (Å²) in [7, 11) is -3.81. The molecule has 0 fully saturated rings. The summed E-state index contributed by atoms with van der Waals surface area (Å²) in [4.78, 5) is 12.2. The van der Waals surface area contributed by atoms with Crippen LogP contribution in [0.5, 0.6) is 0 Å². The lowest BCUT2D eigenvalue weighted by Gasteiger charge is -2.02. The van der Waals surface area contributed by atoms with E-state index in [1.165, 1.54) is 35.6 Å². The number of rotatable bonds is 4. The number of carbonyl (C=O) groups is 1. The Morgan fingerprint density at radius 3 is 2.42 bits per heavy atom. The zero-order valence-corrected chi connectivity index (χ0v) is 14.4. The second-order valence-corrected chi connectivity index (χ2v) is 8.08. The summed E-state index contributed by atoms with van der Waals surface area (Å²) in [5.74, 6) is -0.704. The van der Waals surface area contributed by atoms with E-state index in [0.717, 1.165) is 5.56 Å². The quantitative estimate of drug-likeness (QED) is 0.765. The Labute approximate surface area is 142 Å². The monoisotopic (exact) mass is 363 g/mol. The van der Waals surface area contributed by atoms with E-state index in [-0.39, 0.29) is 15.7 Å². The highest BCUT2D eigenvalue weighted by atomic mass is 32.2. The molecule has 0 aliphatic carbocycles. The summed E-state index contributed by atoms with van der Waals surface area (Å²) in [6.45, 7) is 3.62. The van der Waals surface area contributed by atoms with Gasteiger partial charge in [-0.05, 0) is 38.1 Å². The maximum absolute atomic E-state index is 12.5. The fourth-order valence-electron chi connectivity index (χ4n) is 1.93. The van der Waals surface area contributed by atoms with Crippen molar-refractivity contribution in [3.8, 4) is 0 Å². The first-order valence-corrected chi connectivity index (χ1v) is 9.19. The number of hydrogen-bond donors (Lipinski definition) is 1. The summed E-state index contributed by atoms with van der Waals surface area (Å²) in [6.07, 6.45) is 0. The minimum atomic E-state index is -3.81. The molecule has 3 rings (SSSR count). The lowest BCUT2D eigenvalue weighted by molar-refractivity contribution is 0.0991. The van der Waals surface area contributed by atoms with Crippen LogP contribution in [0.1, 0.15) is 21.1 Å². The number of carbonyl (C=O) groups excluding carboxylic acids is 1. The van der Waals surface area contributed by atoms with E-state index < -0.39 is 15.7 Å². The SMILES string of the molecule is Cc1ccc(S(=O)(=O)c2ccc(C(=O)Nc3nnc(C)s3)o2)cc1. The fourth-order valence-corrected chi connectivity index (χ4v) is 3.69. The van der Waals surface area contributed by atoms with Crippen molar-refractivity contribution in [3.63, 3.8) is 0 Å². The van der Waals surface area contributed by atoms with Crippen LogP contribution < -0.4 is 5.32 Å². The van der Waals surface area contributed by atoms with Gasteiger partial charge in [-0.25, -0.2) is 8.42 Å². The molecule has 1 aromatic carbocycles.